The smallest absolute Gasteiger partial charge is 0.261 e. The Bertz CT molecular complexity index is 846. The van der Waals surface area contributed by atoms with Crippen molar-refractivity contribution in [2.45, 2.75) is 19.6 Å². The number of fused-ring (bicyclic) bond motifs is 1. The first kappa shape index (κ1) is 16.6. The topological polar surface area (TPSA) is 55.6 Å². The molecule has 3 rings (SSSR count). The van der Waals surface area contributed by atoms with Crippen LogP contribution in [0.4, 0.5) is 0 Å². The zero-order valence-corrected chi connectivity index (χ0v) is 14.4. The summed E-state index contributed by atoms with van der Waals surface area (Å²) in [5.74, 6) is 0.162. The van der Waals surface area contributed by atoms with E-state index in [0.29, 0.717) is 22.3 Å². The number of pyridine rings is 1. The van der Waals surface area contributed by atoms with E-state index < -0.39 is 6.10 Å². The molecule has 0 fully saturated rings. The van der Waals surface area contributed by atoms with Crippen LogP contribution in [0, 0.1) is 0 Å². The lowest BCUT2D eigenvalue weighted by Gasteiger charge is -2.15. The van der Waals surface area contributed by atoms with Crippen LogP contribution in [0.3, 0.4) is 0 Å². The number of aromatic nitrogens is 2. The molecule has 1 aromatic carbocycles. The van der Waals surface area contributed by atoms with Gasteiger partial charge in [-0.25, -0.2) is 4.98 Å². The summed E-state index contributed by atoms with van der Waals surface area (Å²) in [5, 5.41) is 3.68. The number of ether oxygens (including phenoxy) is 1. The van der Waals surface area contributed by atoms with Crippen molar-refractivity contribution in [2.75, 3.05) is 0 Å². The molecule has 7 heteroatoms. The molecule has 2 aromatic heterocycles. The summed E-state index contributed by atoms with van der Waals surface area (Å²) < 4.78 is 7.48. The second-order valence-electron chi connectivity index (χ2n) is 5.25. The van der Waals surface area contributed by atoms with Crippen molar-refractivity contribution in [3.05, 3.63) is 64.5 Å². The van der Waals surface area contributed by atoms with Crippen LogP contribution in [-0.4, -0.2) is 21.4 Å². The van der Waals surface area contributed by atoms with Gasteiger partial charge in [-0.15, -0.1) is 0 Å². The Balaban J connectivity index is 1.59. The summed E-state index contributed by atoms with van der Waals surface area (Å²) >= 11 is 11.9. The van der Waals surface area contributed by atoms with Gasteiger partial charge in [0.05, 0.1) is 17.3 Å². The van der Waals surface area contributed by atoms with E-state index in [1.54, 1.807) is 25.1 Å². The van der Waals surface area contributed by atoms with Gasteiger partial charge in [-0.2, -0.15) is 0 Å². The van der Waals surface area contributed by atoms with Crippen molar-refractivity contribution in [3.8, 4) is 5.75 Å². The summed E-state index contributed by atoms with van der Waals surface area (Å²) in [6.07, 6.45) is 3.08. The van der Waals surface area contributed by atoms with Gasteiger partial charge in [-0.05, 0) is 37.3 Å². The fourth-order valence-electron chi connectivity index (χ4n) is 2.21. The van der Waals surface area contributed by atoms with Crippen molar-refractivity contribution in [2.24, 2.45) is 0 Å². The second kappa shape index (κ2) is 7.11. The molecule has 3 aromatic rings. The van der Waals surface area contributed by atoms with Crippen molar-refractivity contribution < 1.29 is 9.53 Å². The minimum Gasteiger partial charge on any atom is -0.479 e. The van der Waals surface area contributed by atoms with E-state index in [9.17, 15) is 4.79 Å². The minimum atomic E-state index is -0.694. The number of carbonyl (C=O) groups is 1. The van der Waals surface area contributed by atoms with Crippen LogP contribution in [0.5, 0.6) is 5.75 Å². The lowest BCUT2D eigenvalue weighted by atomic mass is 10.3. The summed E-state index contributed by atoms with van der Waals surface area (Å²) in [7, 11) is 0. The molecule has 0 spiro atoms. The predicted molar refractivity (Wildman–Crippen MR) is 93.6 cm³/mol. The fraction of sp³-hybridized carbons (Fsp3) is 0.176. The van der Waals surface area contributed by atoms with Crippen LogP contribution in [0.2, 0.25) is 10.0 Å². The first-order chi connectivity index (χ1) is 11.5. The van der Waals surface area contributed by atoms with Gasteiger partial charge in [0, 0.05) is 17.4 Å². The number of rotatable bonds is 5. The number of carbonyl (C=O) groups excluding carboxylic acids is 1. The summed E-state index contributed by atoms with van der Waals surface area (Å²) in [4.78, 5) is 16.6. The quantitative estimate of drug-likeness (QED) is 0.751. The van der Waals surface area contributed by atoms with Gasteiger partial charge in [-0.3, -0.25) is 4.79 Å². The Morgan fingerprint density at radius 3 is 2.92 bits per heavy atom. The molecule has 1 N–H and O–H groups in total. The van der Waals surface area contributed by atoms with E-state index in [4.69, 9.17) is 27.9 Å². The molecule has 0 aliphatic carbocycles. The number of amides is 1. The third-order valence-electron chi connectivity index (χ3n) is 3.42. The number of nitrogens with one attached hydrogen (secondary N) is 1. The Morgan fingerprint density at radius 1 is 1.33 bits per heavy atom. The van der Waals surface area contributed by atoms with E-state index >= 15 is 0 Å². The third-order valence-corrected chi connectivity index (χ3v) is 3.95. The van der Waals surface area contributed by atoms with Gasteiger partial charge in [-0.1, -0.05) is 29.3 Å². The number of benzene rings is 1. The Hall–Kier alpha value is -2.24. The van der Waals surface area contributed by atoms with Gasteiger partial charge >= 0.3 is 0 Å². The largest absolute Gasteiger partial charge is 0.479 e. The molecular weight excluding hydrogens is 349 g/mol. The highest BCUT2D eigenvalue weighted by Crippen LogP contribution is 2.28. The minimum absolute atomic E-state index is 0.252. The number of imidazole rings is 1. The van der Waals surface area contributed by atoms with Crippen LogP contribution in [0.25, 0.3) is 5.65 Å². The highest BCUT2D eigenvalue weighted by atomic mass is 35.5. The van der Waals surface area contributed by atoms with E-state index in [2.05, 4.69) is 10.3 Å². The molecule has 24 heavy (non-hydrogen) atoms. The van der Waals surface area contributed by atoms with E-state index in [0.717, 1.165) is 11.3 Å². The fourth-order valence-corrected chi connectivity index (χ4v) is 2.66. The molecule has 1 atom stereocenters. The van der Waals surface area contributed by atoms with Gasteiger partial charge in [0.1, 0.15) is 11.4 Å². The van der Waals surface area contributed by atoms with Gasteiger partial charge in [0.25, 0.3) is 5.91 Å². The molecule has 2 heterocycles. The van der Waals surface area contributed by atoms with Crippen LogP contribution >= 0.6 is 23.2 Å². The maximum Gasteiger partial charge on any atom is 0.261 e. The lowest BCUT2D eigenvalue weighted by molar-refractivity contribution is -0.127. The molecule has 0 saturated carbocycles. The first-order valence-electron chi connectivity index (χ1n) is 7.35. The Morgan fingerprint density at radius 2 is 2.17 bits per heavy atom. The molecule has 1 unspecified atom stereocenters. The SMILES string of the molecule is CC(Oc1ccc(Cl)cc1Cl)C(=O)NCc1cn2ccccc2n1. The molecule has 0 radical (unpaired) electrons. The summed E-state index contributed by atoms with van der Waals surface area (Å²) in [5.41, 5.74) is 1.60. The highest BCUT2D eigenvalue weighted by Gasteiger charge is 2.16. The van der Waals surface area contributed by atoms with Crippen molar-refractivity contribution >= 4 is 34.8 Å². The maximum atomic E-state index is 12.2. The van der Waals surface area contributed by atoms with Crippen molar-refractivity contribution in [1.29, 1.82) is 0 Å². The second-order valence-corrected chi connectivity index (χ2v) is 6.09. The zero-order valence-electron chi connectivity index (χ0n) is 12.9. The average molecular weight is 364 g/mol. The van der Waals surface area contributed by atoms with E-state index in [1.807, 2.05) is 35.0 Å². The monoisotopic (exact) mass is 363 g/mol. The molecule has 124 valence electrons. The highest BCUT2D eigenvalue weighted by molar-refractivity contribution is 6.35. The van der Waals surface area contributed by atoms with Crippen LogP contribution in [0.15, 0.2) is 48.8 Å². The molecule has 1 amide bonds. The number of hydrogen-bond acceptors (Lipinski definition) is 3. The third kappa shape index (κ3) is 3.80. The maximum absolute atomic E-state index is 12.2. The van der Waals surface area contributed by atoms with E-state index in [-0.39, 0.29) is 5.91 Å². The summed E-state index contributed by atoms with van der Waals surface area (Å²) in [6, 6.07) is 10.6. The predicted octanol–water partition coefficient (Wildman–Crippen LogP) is 3.72. The van der Waals surface area contributed by atoms with Crippen molar-refractivity contribution in [3.63, 3.8) is 0 Å². The average Bonchev–Trinajstić information content (AvgIpc) is 2.98. The van der Waals surface area contributed by atoms with Crippen LogP contribution in [0.1, 0.15) is 12.6 Å². The molecule has 0 saturated heterocycles. The normalized spacial score (nSPS) is 12.1. The van der Waals surface area contributed by atoms with Crippen LogP contribution in [-0.2, 0) is 11.3 Å². The lowest BCUT2D eigenvalue weighted by Crippen LogP contribution is -2.36. The van der Waals surface area contributed by atoms with Crippen LogP contribution < -0.4 is 10.1 Å². The van der Waals surface area contributed by atoms with Crippen molar-refractivity contribution in [1.82, 2.24) is 14.7 Å². The molecular formula is C17H15Cl2N3O2. The number of nitrogens with zero attached hydrogens (tertiary/aromatic N) is 2. The Kier molecular flexibility index (Phi) is 4.92. The first-order valence-corrected chi connectivity index (χ1v) is 8.10. The number of hydrogen-bond donors (Lipinski definition) is 1. The standard InChI is InChI=1S/C17H15Cl2N3O2/c1-11(24-15-6-5-12(18)8-14(15)19)17(23)20-9-13-10-22-7-3-2-4-16(22)21-13/h2-8,10-11H,9H2,1H3,(H,20,23). The van der Waals surface area contributed by atoms with E-state index in [1.165, 1.54) is 0 Å². The van der Waals surface area contributed by atoms with Gasteiger partial charge in [0.2, 0.25) is 0 Å². The molecule has 0 aliphatic heterocycles. The molecule has 5 nitrogen and oxygen atoms in total. The Labute approximate surface area is 149 Å². The summed E-state index contributed by atoms with van der Waals surface area (Å²) in [6.45, 7) is 1.98. The van der Waals surface area contributed by atoms with Gasteiger partial charge < -0.3 is 14.5 Å². The number of halogens is 2. The zero-order chi connectivity index (χ0) is 17.1. The molecule has 0 bridgehead atoms. The molecule has 0 aliphatic rings. The van der Waals surface area contributed by atoms with Gasteiger partial charge in [0.15, 0.2) is 6.10 Å².